The molecule has 0 saturated carbocycles. The summed E-state index contributed by atoms with van der Waals surface area (Å²) < 4.78 is 7.68. The van der Waals surface area contributed by atoms with Crippen LogP contribution < -0.4 is 5.32 Å². The Bertz CT molecular complexity index is 562. The van der Waals surface area contributed by atoms with Crippen LogP contribution in [-0.2, 0) is 4.74 Å². The molecule has 3 rings (SSSR count). The zero-order valence-electron chi connectivity index (χ0n) is 11.9. The predicted octanol–water partition coefficient (Wildman–Crippen LogP) is 2.74. The number of hydrogen-bond acceptors (Lipinski definition) is 5. The molecule has 1 aliphatic heterocycles. The number of hydrogen-bond donors (Lipinski definition) is 1. The van der Waals surface area contributed by atoms with Crippen LogP contribution in [0.4, 0.5) is 5.82 Å². The van der Waals surface area contributed by atoms with Gasteiger partial charge in [-0.3, -0.25) is 0 Å². The number of ether oxygens (including phenoxy) is 1. The molecule has 6 heteroatoms. The van der Waals surface area contributed by atoms with Gasteiger partial charge in [0.15, 0.2) is 11.9 Å². The summed E-state index contributed by atoms with van der Waals surface area (Å²) >= 11 is 0. The molecule has 0 unspecified atom stereocenters. The first-order chi connectivity index (χ1) is 9.90. The zero-order chi connectivity index (χ0) is 13.8. The van der Waals surface area contributed by atoms with Gasteiger partial charge in [-0.2, -0.15) is 5.10 Å². The van der Waals surface area contributed by atoms with Gasteiger partial charge in [-0.1, -0.05) is 13.3 Å². The summed E-state index contributed by atoms with van der Waals surface area (Å²) in [5.41, 5.74) is 0.853. The molecule has 1 N–H and O–H groups in total. The van der Waals surface area contributed by atoms with Crippen LogP contribution in [0.5, 0.6) is 0 Å². The maximum absolute atomic E-state index is 5.79. The summed E-state index contributed by atoms with van der Waals surface area (Å²) in [6.45, 7) is 3.90. The van der Waals surface area contributed by atoms with Gasteiger partial charge in [0.2, 0.25) is 0 Å². The third kappa shape index (κ3) is 2.60. The molecule has 108 valence electrons. The molecule has 0 radical (unpaired) electrons. The van der Waals surface area contributed by atoms with Crippen molar-refractivity contribution in [3.63, 3.8) is 0 Å². The minimum Gasteiger partial charge on any atom is -0.369 e. The van der Waals surface area contributed by atoms with Crippen LogP contribution in [0.25, 0.3) is 11.0 Å². The fourth-order valence-electron chi connectivity index (χ4n) is 2.51. The Hall–Kier alpha value is -1.69. The van der Waals surface area contributed by atoms with Gasteiger partial charge in [0.25, 0.3) is 0 Å². The Morgan fingerprint density at radius 1 is 1.40 bits per heavy atom. The lowest BCUT2D eigenvalue weighted by Gasteiger charge is -2.22. The number of nitrogens with zero attached hydrogens (tertiary/aromatic N) is 4. The topological polar surface area (TPSA) is 64.9 Å². The maximum Gasteiger partial charge on any atom is 0.165 e. The van der Waals surface area contributed by atoms with E-state index >= 15 is 0 Å². The molecule has 2 aromatic rings. The largest absolute Gasteiger partial charge is 0.369 e. The number of aromatic nitrogens is 4. The van der Waals surface area contributed by atoms with Gasteiger partial charge in [0, 0.05) is 13.2 Å². The van der Waals surface area contributed by atoms with Crippen LogP contribution in [0.3, 0.4) is 0 Å². The summed E-state index contributed by atoms with van der Waals surface area (Å²) in [7, 11) is 0. The molecule has 20 heavy (non-hydrogen) atoms. The van der Waals surface area contributed by atoms with Crippen molar-refractivity contribution in [3.05, 3.63) is 12.5 Å². The number of anilines is 1. The molecular formula is C14H21N5O. The van der Waals surface area contributed by atoms with E-state index in [2.05, 4.69) is 27.3 Å². The van der Waals surface area contributed by atoms with Gasteiger partial charge in [0.05, 0.1) is 11.6 Å². The molecule has 1 aliphatic rings. The standard InChI is InChI=1S/C14H21N5O/c1-2-3-7-15-13-11-9-18-19(14(11)17-10-16-13)12-6-4-5-8-20-12/h9-10,12H,2-8H2,1H3,(H,15,16,17)/t12-/m0/s1. The minimum absolute atomic E-state index is 0.0136. The smallest absolute Gasteiger partial charge is 0.165 e. The normalized spacial score (nSPS) is 19.4. The molecule has 3 heterocycles. The SMILES string of the molecule is CCCCNc1ncnc2c1cnn2[C@@H]1CCCCO1. The second-order valence-electron chi connectivity index (χ2n) is 5.15. The van der Waals surface area contributed by atoms with Gasteiger partial charge < -0.3 is 10.1 Å². The van der Waals surface area contributed by atoms with Crippen molar-refractivity contribution in [2.75, 3.05) is 18.5 Å². The third-order valence-corrected chi connectivity index (χ3v) is 3.64. The molecule has 0 aliphatic carbocycles. The summed E-state index contributed by atoms with van der Waals surface area (Å²) in [5.74, 6) is 0.866. The third-order valence-electron chi connectivity index (χ3n) is 3.64. The van der Waals surface area contributed by atoms with Gasteiger partial charge in [0.1, 0.15) is 12.1 Å². The van der Waals surface area contributed by atoms with Crippen LogP contribution in [0, 0.1) is 0 Å². The van der Waals surface area contributed by atoms with Gasteiger partial charge in [-0.25, -0.2) is 14.6 Å². The molecule has 0 bridgehead atoms. The molecule has 2 aromatic heterocycles. The van der Waals surface area contributed by atoms with E-state index in [1.807, 2.05) is 10.9 Å². The van der Waals surface area contributed by atoms with Crippen molar-refractivity contribution in [1.82, 2.24) is 19.7 Å². The molecule has 1 fully saturated rings. The van der Waals surface area contributed by atoms with E-state index in [9.17, 15) is 0 Å². The maximum atomic E-state index is 5.79. The zero-order valence-corrected chi connectivity index (χ0v) is 11.9. The van der Waals surface area contributed by atoms with E-state index in [0.29, 0.717) is 0 Å². The predicted molar refractivity (Wildman–Crippen MR) is 77.6 cm³/mol. The lowest BCUT2D eigenvalue weighted by atomic mass is 10.2. The highest BCUT2D eigenvalue weighted by molar-refractivity contribution is 5.86. The van der Waals surface area contributed by atoms with E-state index in [-0.39, 0.29) is 6.23 Å². The van der Waals surface area contributed by atoms with Gasteiger partial charge >= 0.3 is 0 Å². The lowest BCUT2D eigenvalue weighted by molar-refractivity contribution is -0.0370. The summed E-state index contributed by atoms with van der Waals surface area (Å²) in [6.07, 6.45) is 9.05. The minimum atomic E-state index is 0.0136. The highest BCUT2D eigenvalue weighted by Gasteiger charge is 2.20. The van der Waals surface area contributed by atoms with Gasteiger partial charge in [-0.15, -0.1) is 0 Å². The van der Waals surface area contributed by atoms with Crippen molar-refractivity contribution in [3.8, 4) is 0 Å². The fourth-order valence-corrected chi connectivity index (χ4v) is 2.51. The summed E-state index contributed by atoms with van der Waals surface area (Å²) in [4.78, 5) is 8.70. The number of rotatable bonds is 5. The lowest BCUT2D eigenvalue weighted by Crippen LogP contribution is -2.19. The van der Waals surface area contributed by atoms with E-state index < -0.39 is 0 Å². The van der Waals surface area contributed by atoms with Crippen LogP contribution in [-0.4, -0.2) is 32.9 Å². The van der Waals surface area contributed by atoms with E-state index in [4.69, 9.17) is 4.74 Å². The summed E-state index contributed by atoms with van der Waals surface area (Å²) in [6, 6.07) is 0. The second kappa shape index (κ2) is 6.17. The van der Waals surface area contributed by atoms with E-state index in [1.54, 1.807) is 6.33 Å². The highest BCUT2D eigenvalue weighted by atomic mass is 16.5. The second-order valence-corrected chi connectivity index (χ2v) is 5.15. The molecular weight excluding hydrogens is 254 g/mol. The first kappa shape index (κ1) is 13.3. The van der Waals surface area contributed by atoms with Crippen LogP contribution in [0.1, 0.15) is 45.3 Å². The molecule has 0 spiro atoms. The first-order valence-electron chi connectivity index (χ1n) is 7.44. The van der Waals surface area contributed by atoms with Crippen LogP contribution >= 0.6 is 0 Å². The average Bonchev–Trinajstić information content (AvgIpc) is 2.93. The molecule has 0 amide bonds. The number of nitrogens with one attached hydrogen (secondary N) is 1. The Labute approximate surface area is 118 Å². The monoisotopic (exact) mass is 275 g/mol. The average molecular weight is 275 g/mol. The highest BCUT2D eigenvalue weighted by Crippen LogP contribution is 2.27. The molecule has 1 saturated heterocycles. The Balaban J connectivity index is 1.86. The number of fused-ring (bicyclic) bond motifs is 1. The van der Waals surface area contributed by atoms with E-state index in [1.165, 1.54) is 6.42 Å². The van der Waals surface area contributed by atoms with Crippen LogP contribution in [0.2, 0.25) is 0 Å². The molecule has 1 atom stereocenters. The van der Waals surface area contributed by atoms with E-state index in [0.717, 1.165) is 55.7 Å². The Morgan fingerprint density at radius 2 is 2.35 bits per heavy atom. The van der Waals surface area contributed by atoms with Crippen molar-refractivity contribution < 1.29 is 4.74 Å². The molecule has 0 aromatic carbocycles. The number of unbranched alkanes of at least 4 members (excludes halogenated alkanes) is 1. The van der Waals surface area contributed by atoms with Crippen molar-refractivity contribution in [2.24, 2.45) is 0 Å². The Morgan fingerprint density at radius 3 is 3.15 bits per heavy atom. The van der Waals surface area contributed by atoms with Gasteiger partial charge in [-0.05, 0) is 25.7 Å². The fraction of sp³-hybridized carbons (Fsp3) is 0.643. The quantitative estimate of drug-likeness (QED) is 0.850. The summed E-state index contributed by atoms with van der Waals surface area (Å²) in [5, 5.41) is 8.79. The molecule has 6 nitrogen and oxygen atoms in total. The van der Waals surface area contributed by atoms with Crippen molar-refractivity contribution in [1.29, 1.82) is 0 Å². The first-order valence-corrected chi connectivity index (χ1v) is 7.44. The van der Waals surface area contributed by atoms with Crippen molar-refractivity contribution in [2.45, 2.75) is 45.3 Å². The van der Waals surface area contributed by atoms with Crippen LogP contribution in [0.15, 0.2) is 12.5 Å². The van der Waals surface area contributed by atoms with Crippen molar-refractivity contribution >= 4 is 16.9 Å². The Kier molecular flexibility index (Phi) is 4.11.